The van der Waals surface area contributed by atoms with Crippen LogP contribution in [0.25, 0.3) is 0 Å². The molecule has 0 heterocycles. The van der Waals surface area contributed by atoms with Crippen molar-refractivity contribution < 1.29 is 9.09 Å². The standard InChI is InChI=1S/C23H42NO2PSi/c1-9-24(10-2)27(25,22-13-11-12-14-23(22)28(6,7)8)26-21-17-19(5)15-16-20(21)18(3)4/h11-14,18-21H,9-10,15-17H2,1-8H3/t19-,20+,21-,27?/m1/s1. The van der Waals surface area contributed by atoms with Crippen molar-refractivity contribution in [3.63, 3.8) is 0 Å². The van der Waals surface area contributed by atoms with Gasteiger partial charge in [0.1, 0.15) is 0 Å². The molecule has 0 radical (unpaired) electrons. The Labute approximate surface area is 174 Å². The minimum atomic E-state index is -3.12. The topological polar surface area (TPSA) is 29.5 Å². The Morgan fingerprint density at radius 2 is 1.75 bits per heavy atom. The number of hydrogen-bond donors (Lipinski definition) is 0. The third-order valence-electron chi connectivity index (χ3n) is 6.36. The molecule has 1 aromatic rings. The van der Waals surface area contributed by atoms with Crippen LogP contribution in [0.15, 0.2) is 24.3 Å². The SMILES string of the molecule is CCN(CC)P(=O)(O[C@@H]1C[C@H](C)CC[C@H]1C(C)C)c1ccccc1[Si](C)(C)C. The van der Waals surface area contributed by atoms with Gasteiger partial charge in [-0.05, 0) is 41.8 Å². The molecule has 28 heavy (non-hydrogen) atoms. The molecule has 1 fully saturated rings. The van der Waals surface area contributed by atoms with Crippen molar-refractivity contribution in [2.75, 3.05) is 13.1 Å². The van der Waals surface area contributed by atoms with Gasteiger partial charge >= 0.3 is 7.52 Å². The predicted molar refractivity (Wildman–Crippen MR) is 126 cm³/mol. The molecular formula is C23H42NO2PSi. The van der Waals surface area contributed by atoms with E-state index < -0.39 is 15.6 Å². The fraction of sp³-hybridized carbons (Fsp3) is 0.739. The first kappa shape index (κ1) is 23.9. The molecule has 0 aliphatic heterocycles. The number of hydrogen-bond acceptors (Lipinski definition) is 2. The monoisotopic (exact) mass is 423 g/mol. The van der Waals surface area contributed by atoms with E-state index in [1.54, 1.807) is 0 Å². The van der Waals surface area contributed by atoms with E-state index in [4.69, 9.17) is 4.52 Å². The fourth-order valence-electron chi connectivity index (χ4n) is 4.65. The Balaban J connectivity index is 2.55. The Bertz CT molecular complexity index is 681. The molecule has 3 nitrogen and oxygen atoms in total. The van der Waals surface area contributed by atoms with Crippen molar-refractivity contribution in [2.24, 2.45) is 17.8 Å². The van der Waals surface area contributed by atoms with Gasteiger partial charge in [-0.25, -0.2) is 4.67 Å². The van der Waals surface area contributed by atoms with Crippen molar-refractivity contribution in [2.45, 2.75) is 79.6 Å². The zero-order chi connectivity index (χ0) is 21.1. The van der Waals surface area contributed by atoms with Gasteiger partial charge in [-0.1, -0.05) is 78.9 Å². The van der Waals surface area contributed by atoms with Gasteiger partial charge in [0.2, 0.25) is 0 Å². The highest BCUT2D eigenvalue weighted by molar-refractivity contribution is 7.65. The van der Waals surface area contributed by atoms with Crippen molar-refractivity contribution >= 4 is 26.1 Å². The summed E-state index contributed by atoms with van der Waals surface area (Å²) >= 11 is 0. The highest BCUT2D eigenvalue weighted by Crippen LogP contribution is 2.53. The van der Waals surface area contributed by atoms with Gasteiger partial charge in [-0.15, -0.1) is 0 Å². The van der Waals surface area contributed by atoms with Crippen LogP contribution in [-0.2, 0) is 9.09 Å². The lowest BCUT2D eigenvalue weighted by Gasteiger charge is -2.41. The first-order chi connectivity index (χ1) is 13.0. The van der Waals surface area contributed by atoms with Crippen molar-refractivity contribution in [3.05, 3.63) is 24.3 Å². The molecule has 0 amide bonds. The summed E-state index contributed by atoms with van der Waals surface area (Å²) in [5, 5.41) is 2.23. The van der Waals surface area contributed by atoms with Crippen molar-refractivity contribution in [1.82, 2.24) is 4.67 Å². The summed E-state index contributed by atoms with van der Waals surface area (Å²) in [5.41, 5.74) is 0. The van der Waals surface area contributed by atoms with Crippen LogP contribution in [0, 0.1) is 17.8 Å². The molecule has 1 aliphatic carbocycles. The predicted octanol–water partition coefficient (Wildman–Crippen LogP) is 5.87. The second-order valence-corrected chi connectivity index (χ2v) is 17.2. The second kappa shape index (κ2) is 9.60. The van der Waals surface area contributed by atoms with Gasteiger partial charge in [-0.3, -0.25) is 4.57 Å². The zero-order valence-corrected chi connectivity index (χ0v) is 21.3. The van der Waals surface area contributed by atoms with Crippen LogP contribution >= 0.6 is 7.52 Å². The zero-order valence-electron chi connectivity index (χ0n) is 19.4. The second-order valence-electron chi connectivity index (χ2n) is 9.90. The van der Waals surface area contributed by atoms with Gasteiger partial charge in [0.15, 0.2) is 0 Å². The quantitative estimate of drug-likeness (QED) is 0.387. The van der Waals surface area contributed by atoms with E-state index in [-0.39, 0.29) is 6.10 Å². The summed E-state index contributed by atoms with van der Waals surface area (Å²) < 4.78 is 23.6. The van der Waals surface area contributed by atoms with Crippen LogP contribution in [0.5, 0.6) is 0 Å². The molecule has 0 saturated heterocycles. The Morgan fingerprint density at radius 1 is 1.14 bits per heavy atom. The smallest absolute Gasteiger partial charge is 0.302 e. The molecule has 0 aromatic heterocycles. The number of rotatable bonds is 8. The molecule has 2 rings (SSSR count). The maximum Gasteiger partial charge on any atom is 0.302 e. The molecule has 0 bridgehead atoms. The highest BCUT2D eigenvalue weighted by atomic mass is 31.2. The van der Waals surface area contributed by atoms with Crippen LogP contribution in [0.1, 0.15) is 53.9 Å². The average molecular weight is 424 g/mol. The lowest BCUT2D eigenvalue weighted by molar-refractivity contribution is 0.0428. The fourth-order valence-corrected chi connectivity index (χ4v) is 10.1. The van der Waals surface area contributed by atoms with Gasteiger partial charge in [-0.2, -0.15) is 0 Å². The molecule has 1 aliphatic rings. The Hall–Kier alpha value is -0.413. The van der Waals surface area contributed by atoms with Gasteiger partial charge in [0.25, 0.3) is 0 Å². The van der Waals surface area contributed by atoms with Crippen LogP contribution < -0.4 is 10.5 Å². The lowest BCUT2D eigenvalue weighted by atomic mass is 9.75. The summed E-state index contributed by atoms with van der Waals surface area (Å²) in [4.78, 5) is 0. The number of benzene rings is 1. The van der Waals surface area contributed by atoms with Crippen LogP contribution in [0.2, 0.25) is 19.6 Å². The molecular weight excluding hydrogens is 381 g/mol. The molecule has 1 aromatic carbocycles. The van der Waals surface area contributed by atoms with E-state index in [0.29, 0.717) is 17.8 Å². The first-order valence-corrected chi connectivity index (χ1v) is 16.3. The molecule has 1 saturated carbocycles. The molecule has 4 atom stereocenters. The van der Waals surface area contributed by atoms with Gasteiger partial charge < -0.3 is 4.52 Å². The average Bonchev–Trinajstić information content (AvgIpc) is 2.61. The highest BCUT2D eigenvalue weighted by Gasteiger charge is 2.42. The summed E-state index contributed by atoms with van der Waals surface area (Å²) in [6, 6.07) is 8.37. The van der Waals surface area contributed by atoms with E-state index in [1.165, 1.54) is 18.0 Å². The summed E-state index contributed by atoms with van der Waals surface area (Å²) in [6.45, 7) is 19.6. The van der Waals surface area contributed by atoms with Gasteiger partial charge in [0.05, 0.1) is 19.5 Å². The molecule has 5 heteroatoms. The van der Waals surface area contributed by atoms with E-state index in [9.17, 15) is 4.57 Å². The summed E-state index contributed by atoms with van der Waals surface area (Å²) in [7, 11) is -4.78. The van der Waals surface area contributed by atoms with Crippen LogP contribution in [0.3, 0.4) is 0 Å². The van der Waals surface area contributed by atoms with Crippen LogP contribution in [-0.4, -0.2) is 31.9 Å². The minimum absolute atomic E-state index is 0.0740. The maximum atomic E-state index is 14.7. The van der Waals surface area contributed by atoms with E-state index in [2.05, 4.69) is 77.1 Å². The third-order valence-corrected chi connectivity index (χ3v) is 11.5. The van der Waals surface area contributed by atoms with Crippen molar-refractivity contribution in [1.29, 1.82) is 0 Å². The lowest BCUT2D eigenvalue weighted by Crippen LogP contribution is -2.49. The molecule has 160 valence electrons. The summed E-state index contributed by atoms with van der Waals surface area (Å²) in [6.07, 6.45) is 3.52. The van der Waals surface area contributed by atoms with E-state index >= 15 is 0 Å². The van der Waals surface area contributed by atoms with Crippen LogP contribution in [0.4, 0.5) is 0 Å². The van der Waals surface area contributed by atoms with Crippen molar-refractivity contribution in [3.8, 4) is 0 Å². The summed E-state index contributed by atoms with van der Waals surface area (Å²) in [5.74, 6) is 1.67. The minimum Gasteiger partial charge on any atom is -0.310 e. The molecule has 1 unspecified atom stereocenters. The first-order valence-electron chi connectivity index (χ1n) is 11.2. The Morgan fingerprint density at radius 3 is 2.29 bits per heavy atom. The maximum absolute atomic E-state index is 14.7. The van der Waals surface area contributed by atoms with Gasteiger partial charge in [0, 0.05) is 13.1 Å². The third kappa shape index (κ3) is 5.19. The normalized spacial score (nSPS) is 25.9. The molecule has 0 spiro atoms. The van der Waals surface area contributed by atoms with E-state index in [1.807, 2.05) is 6.07 Å². The molecule has 0 N–H and O–H groups in total. The number of nitrogens with zero attached hydrogens (tertiary/aromatic N) is 1. The Kier molecular flexibility index (Phi) is 8.18. The largest absolute Gasteiger partial charge is 0.310 e. The van der Waals surface area contributed by atoms with E-state index in [0.717, 1.165) is 24.8 Å².